The van der Waals surface area contributed by atoms with Crippen LogP contribution in [0.4, 0.5) is 10.1 Å². The van der Waals surface area contributed by atoms with Gasteiger partial charge < -0.3 is 0 Å². The lowest BCUT2D eigenvalue weighted by Crippen LogP contribution is -2.48. The van der Waals surface area contributed by atoms with Crippen LogP contribution in [0.25, 0.3) is 0 Å². The van der Waals surface area contributed by atoms with Gasteiger partial charge in [-0.3, -0.25) is 14.7 Å². The summed E-state index contributed by atoms with van der Waals surface area (Å²) in [5.41, 5.74) is 2.44. The van der Waals surface area contributed by atoms with E-state index in [1.54, 1.807) is 12.1 Å². The van der Waals surface area contributed by atoms with Crippen LogP contribution in [0.1, 0.15) is 37.8 Å². The molecule has 0 amide bonds. The maximum absolute atomic E-state index is 13.5. The highest BCUT2D eigenvalue weighted by Gasteiger charge is 2.34. The molecule has 2 aromatic carbocycles. The van der Waals surface area contributed by atoms with Crippen molar-refractivity contribution in [3.63, 3.8) is 0 Å². The summed E-state index contributed by atoms with van der Waals surface area (Å²) in [5, 5.41) is 7.27. The Morgan fingerprint density at radius 1 is 1.15 bits per heavy atom. The zero-order valence-electron chi connectivity index (χ0n) is 18.4. The van der Waals surface area contributed by atoms with Crippen LogP contribution >= 0.6 is 11.6 Å². The van der Waals surface area contributed by atoms with E-state index in [0.717, 1.165) is 11.3 Å². The minimum atomic E-state index is -3.87. The van der Waals surface area contributed by atoms with Crippen molar-refractivity contribution in [2.75, 3.05) is 24.6 Å². The molecule has 0 saturated carbocycles. The molecule has 0 aliphatic carbocycles. The van der Waals surface area contributed by atoms with Crippen molar-refractivity contribution in [2.24, 2.45) is 10.1 Å². The van der Waals surface area contributed by atoms with Crippen molar-refractivity contribution in [1.29, 1.82) is 0 Å². The van der Waals surface area contributed by atoms with Crippen LogP contribution in [-0.2, 0) is 10.2 Å². The van der Waals surface area contributed by atoms with Crippen LogP contribution in [0.15, 0.2) is 64.7 Å². The highest BCUT2D eigenvalue weighted by atomic mass is 35.5. The van der Waals surface area contributed by atoms with E-state index in [0.29, 0.717) is 23.7 Å². The molecule has 0 bridgehead atoms. The number of hydrogen-bond donors (Lipinski definition) is 1. The summed E-state index contributed by atoms with van der Waals surface area (Å²) in [4.78, 5) is 4.42. The second kappa shape index (κ2) is 10.2. The molecule has 2 aliphatic heterocycles. The van der Waals surface area contributed by atoms with Gasteiger partial charge in [0.15, 0.2) is 5.84 Å². The van der Waals surface area contributed by atoms with Crippen molar-refractivity contribution in [2.45, 2.75) is 38.4 Å². The van der Waals surface area contributed by atoms with Crippen molar-refractivity contribution in [3.05, 3.63) is 65.2 Å². The van der Waals surface area contributed by atoms with E-state index < -0.39 is 16.4 Å². The van der Waals surface area contributed by atoms with Crippen molar-refractivity contribution in [3.8, 4) is 0 Å². The van der Waals surface area contributed by atoms with Gasteiger partial charge in [0.2, 0.25) is 0 Å². The molecule has 176 valence electrons. The van der Waals surface area contributed by atoms with E-state index >= 15 is 0 Å². The fourth-order valence-electron chi connectivity index (χ4n) is 4.01. The van der Waals surface area contributed by atoms with E-state index in [1.165, 1.54) is 4.31 Å². The highest BCUT2D eigenvalue weighted by molar-refractivity contribution is 7.87. The van der Waals surface area contributed by atoms with E-state index in [9.17, 15) is 12.8 Å². The third-order valence-electron chi connectivity index (χ3n) is 5.72. The number of alkyl halides is 1. The first-order valence-corrected chi connectivity index (χ1v) is 12.8. The lowest BCUT2D eigenvalue weighted by Gasteiger charge is -2.28. The molecule has 33 heavy (non-hydrogen) atoms. The monoisotopic (exact) mass is 491 g/mol. The Balaban J connectivity index is 1.64. The first-order chi connectivity index (χ1) is 15.9. The molecule has 2 aliphatic rings. The number of benzene rings is 2. The van der Waals surface area contributed by atoms with Gasteiger partial charge in [-0.2, -0.15) is 17.8 Å². The average molecular weight is 492 g/mol. The molecule has 2 aromatic rings. The smallest absolute Gasteiger partial charge is 0.266 e. The lowest BCUT2D eigenvalue weighted by molar-refractivity contribution is 0.210. The molecule has 1 unspecified atom stereocenters. The maximum Gasteiger partial charge on any atom is 0.302 e. The predicted molar refractivity (Wildman–Crippen MR) is 131 cm³/mol. The van der Waals surface area contributed by atoms with Gasteiger partial charge in [-0.15, -0.1) is 0 Å². The summed E-state index contributed by atoms with van der Waals surface area (Å²) in [7, 11) is -3.87. The number of piperidine rings is 1. The predicted octanol–water partition coefficient (Wildman–Crippen LogP) is 4.33. The Labute approximate surface area is 199 Å². The molecular formula is C23H27ClFN5O2S. The van der Waals surface area contributed by atoms with Crippen molar-refractivity contribution >= 4 is 39.0 Å². The molecule has 0 spiro atoms. The molecule has 7 nitrogen and oxygen atoms in total. The molecule has 4 rings (SSSR count). The number of hydrogen-bond acceptors (Lipinski definition) is 5. The fraction of sp³-hybridized carbons (Fsp3) is 0.391. The van der Waals surface area contributed by atoms with Gasteiger partial charge in [-0.05, 0) is 49.6 Å². The fourth-order valence-corrected chi connectivity index (χ4v) is 5.39. The number of halogens is 2. The van der Waals surface area contributed by atoms with Crippen LogP contribution in [0.3, 0.4) is 0 Å². The van der Waals surface area contributed by atoms with Gasteiger partial charge in [0.25, 0.3) is 0 Å². The zero-order valence-corrected chi connectivity index (χ0v) is 19.9. The molecule has 1 saturated heterocycles. The molecular weight excluding hydrogens is 465 g/mol. The number of aliphatic imine (C=N–C) groups is 1. The Kier molecular flexibility index (Phi) is 7.31. The molecule has 0 aromatic heterocycles. The number of amidine groups is 1. The number of hydrazone groups is 1. The number of nitrogens with zero attached hydrogens (tertiary/aromatic N) is 4. The Morgan fingerprint density at radius 2 is 1.82 bits per heavy atom. The molecule has 1 atom stereocenters. The first-order valence-electron chi connectivity index (χ1n) is 11.0. The van der Waals surface area contributed by atoms with Crippen molar-refractivity contribution in [1.82, 2.24) is 9.03 Å². The number of nitrogens with one attached hydrogen (secondary N) is 1. The summed E-state index contributed by atoms with van der Waals surface area (Å²) >= 11 is 6.07. The Bertz CT molecular complexity index is 1120. The van der Waals surface area contributed by atoms with Gasteiger partial charge in [0.05, 0.1) is 11.7 Å². The Morgan fingerprint density at radius 3 is 2.45 bits per heavy atom. The maximum atomic E-state index is 13.5. The average Bonchev–Trinajstić information content (AvgIpc) is 3.25. The normalized spacial score (nSPS) is 20.7. The minimum absolute atomic E-state index is 0.129. The second-order valence-electron chi connectivity index (χ2n) is 8.00. The zero-order chi connectivity index (χ0) is 23.4. The van der Waals surface area contributed by atoms with Crippen LogP contribution < -0.4 is 9.73 Å². The van der Waals surface area contributed by atoms with E-state index in [-0.39, 0.29) is 37.8 Å². The molecule has 0 radical (unpaired) electrons. The SMILES string of the molecule is CCN=C(NS(=O)(=O)N1CCC(F)CC1)C1=NN(c2ccc(Cl)cc2)C(c2ccccc2)C1. The lowest BCUT2D eigenvalue weighted by atomic mass is 10.0. The van der Waals surface area contributed by atoms with Crippen LogP contribution in [0.2, 0.25) is 5.02 Å². The van der Waals surface area contributed by atoms with Gasteiger partial charge in [-0.25, -0.2) is 4.39 Å². The first kappa shape index (κ1) is 23.7. The van der Waals surface area contributed by atoms with E-state index in [1.807, 2.05) is 54.4 Å². The van der Waals surface area contributed by atoms with Gasteiger partial charge in [-0.1, -0.05) is 41.9 Å². The van der Waals surface area contributed by atoms with Crippen LogP contribution in [0.5, 0.6) is 0 Å². The summed E-state index contributed by atoms with van der Waals surface area (Å²) in [6, 6.07) is 17.1. The summed E-state index contributed by atoms with van der Waals surface area (Å²) in [6.07, 6.45) is -0.0926. The summed E-state index contributed by atoms with van der Waals surface area (Å²) in [5.74, 6) is 0.220. The van der Waals surface area contributed by atoms with E-state index in [4.69, 9.17) is 16.7 Å². The minimum Gasteiger partial charge on any atom is -0.266 e. The quantitative estimate of drug-likeness (QED) is 0.482. The third kappa shape index (κ3) is 5.54. The molecule has 1 fully saturated rings. The van der Waals surface area contributed by atoms with Crippen LogP contribution in [0, 0.1) is 0 Å². The number of anilines is 1. The topological polar surface area (TPSA) is 77.4 Å². The molecule has 10 heteroatoms. The van der Waals surface area contributed by atoms with Gasteiger partial charge >= 0.3 is 10.2 Å². The van der Waals surface area contributed by atoms with E-state index in [2.05, 4.69) is 9.71 Å². The van der Waals surface area contributed by atoms with Crippen LogP contribution in [-0.4, -0.2) is 50.1 Å². The van der Waals surface area contributed by atoms with Gasteiger partial charge in [0.1, 0.15) is 11.9 Å². The van der Waals surface area contributed by atoms with Crippen molar-refractivity contribution < 1.29 is 12.8 Å². The third-order valence-corrected chi connectivity index (χ3v) is 7.47. The Hall–Kier alpha value is -2.49. The number of rotatable bonds is 6. The summed E-state index contributed by atoms with van der Waals surface area (Å²) in [6.45, 7) is 2.52. The largest absolute Gasteiger partial charge is 0.302 e. The standard InChI is InChI=1S/C23H27ClFN5O2S/c1-2-26-23(28-33(31,32)29-14-12-19(25)13-15-29)21-16-22(17-6-4-3-5-7-17)30(27-21)20-10-8-18(24)9-11-20/h3-11,19,22H,2,12-16H2,1H3,(H,26,28). The highest BCUT2D eigenvalue weighted by Crippen LogP contribution is 2.35. The second-order valence-corrected chi connectivity index (χ2v) is 10.1. The molecule has 1 N–H and O–H groups in total. The molecule has 2 heterocycles. The summed E-state index contributed by atoms with van der Waals surface area (Å²) < 4.78 is 43.4. The van der Waals surface area contributed by atoms with Gasteiger partial charge in [0, 0.05) is 31.1 Å².